The van der Waals surface area contributed by atoms with Crippen molar-refractivity contribution in [3.63, 3.8) is 0 Å². The number of carbonyl (C=O) groups is 2. The quantitative estimate of drug-likeness (QED) is 0.171. The molecule has 1 aromatic heterocycles. The number of rotatable bonds is 7. The molecule has 2 unspecified atom stereocenters. The van der Waals surface area contributed by atoms with Crippen molar-refractivity contribution in [3.8, 4) is 0 Å². The average Bonchev–Trinajstić information content (AvgIpc) is 3.23. The van der Waals surface area contributed by atoms with Crippen molar-refractivity contribution in [1.82, 2.24) is 21.0 Å². The first-order valence-corrected chi connectivity index (χ1v) is 13.0. The van der Waals surface area contributed by atoms with Crippen molar-refractivity contribution >= 4 is 52.8 Å². The van der Waals surface area contributed by atoms with Crippen LogP contribution < -0.4 is 21.5 Å². The fraction of sp³-hybridized carbons (Fsp3) is 0.296. The molecule has 1 saturated heterocycles. The number of cyclic esters (lactones) is 1. The van der Waals surface area contributed by atoms with E-state index in [1.54, 1.807) is 19.3 Å². The molecule has 12 heteroatoms. The van der Waals surface area contributed by atoms with Crippen LogP contribution >= 0.6 is 23.8 Å². The van der Waals surface area contributed by atoms with Gasteiger partial charge in [0.15, 0.2) is 10.9 Å². The van der Waals surface area contributed by atoms with E-state index in [0.717, 1.165) is 40.7 Å². The molecule has 4 rings (SSSR count). The van der Waals surface area contributed by atoms with Gasteiger partial charge in [-0.05, 0) is 66.9 Å². The summed E-state index contributed by atoms with van der Waals surface area (Å²) in [6, 6.07) is 4.97. The van der Waals surface area contributed by atoms with Crippen molar-refractivity contribution in [1.29, 1.82) is 0 Å². The maximum absolute atomic E-state index is 14.3. The summed E-state index contributed by atoms with van der Waals surface area (Å²) in [5.41, 5.74) is 10.4. The Kier molecular flexibility index (Phi) is 8.93. The standard InChI is InChI=1S/C27H28ClFN6O3S/c1-14(2)18-7-5-15-4-6-17(29)11-19(15)23(20(18)13-30-3)33-27(39)35-34-24-21(28)10-16(12-31-24)25(36)32-22-8-9-38-26(22)37/h4,6,10-13,22-23H,1,5,7-9H2,2-3H3,(H,31,34)(H,32,36)(H2,33,35,39). The molecule has 1 amide bonds. The van der Waals surface area contributed by atoms with Gasteiger partial charge in [0.2, 0.25) is 0 Å². The third kappa shape index (κ3) is 6.61. The Labute approximate surface area is 235 Å². The summed E-state index contributed by atoms with van der Waals surface area (Å²) in [4.78, 5) is 32.5. The number of allylic oxidation sites excluding steroid dienone is 2. The molecule has 2 aromatic rings. The van der Waals surface area contributed by atoms with Crippen LogP contribution in [0, 0.1) is 5.82 Å². The van der Waals surface area contributed by atoms with Crippen molar-refractivity contribution in [2.75, 3.05) is 19.1 Å². The second-order valence-corrected chi connectivity index (χ2v) is 9.95. The van der Waals surface area contributed by atoms with Gasteiger partial charge in [0, 0.05) is 31.5 Å². The fourth-order valence-corrected chi connectivity index (χ4v) is 4.90. The summed E-state index contributed by atoms with van der Waals surface area (Å²) in [7, 11) is 1.67. The Morgan fingerprint density at radius 2 is 2.10 bits per heavy atom. The molecule has 0 saturated carbocycles. The molecule has 9 nitrogen and oxygen atoms in total. The number of thiocarbonyl (C=S) groups is 1. The number of fused-ring (bicyclic) bond motifs is 1. The third-order valence-corrected chi connectivity index (χ3v) is 6.93. The monoisotopic (exact) mass is 570 g/mol. The summed E-state index contributed by atoms with van der Waals surface area (Å²) < 4.78 is 19.2. The minimum Gasteiger partial charge on any atom is -0.464 e. The van der Waals surface area contributed by atoms with Crippen LogP contribution in [0.15, 0.2) is 58.8 Å². The Bertz CT molecular complexity index is 1400. The maximum atomic E-state index is 14.3. The Morgan fingerprint density at radius 3 is 2.77 bits per heavy atom. The number of aliphatic imine (C=N–C) groups is 1. The molecular formula is C27H28ClFN6O3S. The van der Waals surface area contributed by atoms with Gasteiger partial charge in [0.1, 0.15) is 11.9 Å². The average molecular weight is 571 g/mol. The van der Waals surface area contributed by atoms with Crippen LogP contribution in [0.2, 0.25) is 5.02 Å². The molecule has 39 heavy (non-hydrogen) atoms. The van der Waals surface area contributed by atoms with E-state index in [4.69, 9.17) is 28.6 Å². The second kappa shape index (κ2) is 12.4. The van der Waals surface area contributed by atoms with E-state index in [2.05, 4.69) is 38.0 Å². The number of carbonyl (C=O) groups excluding carboxylic acids is 2. The molecule has 1 aliphatic heterocycles. The fourth-order valence-electron chi connectivity index (χ4n) is 4.52. The predicted octanol–water partition coefficient (Wildman–Crippen LogP) is 3.97. The number of nitrogens with one attached hydrogen (secondary N) is 4. The number of aryl methyl sites for hydroxylation is 1. The molecule has 1 fully saturated rings. The van der Waals surface area contributed by atoms with Gasteiger partial charge in [-0.3, -0.25) is 20.6 Å². The van der Waals surface area contributed by atoms with Gasteiger partial charge in [-0.25, -0.2) is 14.2 Å². The number of hydrazine groups is 1. The van der Waals surface area contributed by atoms with E-state index in [1.165, 1.54) is 24.4 Å². The van der Waals surface area contributed by atoms with Gasteiger partial charge < -0.3 is 15.4 Å². The van der Waals surface area contributed by atoms with Gasteiger partial charge in [0.05, 0.1) is 23.2 Å². The van der Waals surface area contributed by atoms with Crippen LogP contribution in [0.1, 0.15) is 47.3 Å². The van der Waals surface area contributed by atoms with Crippen molar-refractivity contribution in [2.24, 2.45) is 4.99 Å². The van der Waals surface area contributed by atoms with Gasteiger partial charge in [-0.15, -0.1) is 0 Å². The highest BCUT2D eigenvalue weighted by atomic mass is 35.5. The molecule has 0 radical (unpaired) electrons. The first-order valence-electron chi connectivity index (χ1n) is 12.2. The van der Waals surface area contributed by atoms with Gasteiger partial charge >= 0.3 is 5.97 Å². The lowest BCUT2D eigenvalue weighted by molar-refractivity contribution is -0.139. The Morgan fingerprint density at radius 1 is 1.31 bits per heavy atom. The van der Waals surface area contributed by atoms with Crippen molar-refractivity contribution in [3.05, 3.63) is 81.3 Å². The lowest BCUT2D eigenvalue weighted by Gasteiger charge is -2.25. The number of benzene rings is 1. The van der Waals surface area contributed by atoms with E-state index in [1.807, 2.05) is 6.92 Å². The number of esters is 1. The number of ether oxygens (including phenoxy) is 1. The highest BCUT2D eigenvalue weighted by Gasteiger charge is 2.29. The normalized spacial score (nSPS) is 18.7. The zero-order valence-corrected chi connectivity index (χ0v) is 23.0. The molecule has 2 heterocycles. The first kappa shape index (κ1) is 28.2. The number of amides is 1. The van der Waals surface area contributed by atoms with Gasteiger partial charge in [-0.2, -0.15) is 0 Å². The van der Waals surface area contributed by atoms with Crippen LogP contribution in [0.3, 0.4) is 0 Å². The summed E-state index contributed by atoms with van der Waals surface area (Å²) in [5, 5.41) is 6.20. The van der Waals surface area contributed by atoms with Crippen LogP contribution in [-0.4, -0.2) is 47.9 Å². The van der Waals surface area contributed by atoms with Gasteiger partial charge in [-0.1, -0.05) is 29.8 Å². The van der Waals surface area contributed by atoms with E-state index in [-0.39, 0.29) is 33.9 Å². The molecule has 1 aromatic carbocycles. The topological polar surface area (TPSA) is 117 Å². The number of halogens is 2. The number of hydrogen-bond donors (Lipinski definition) is 4. The maximum Gasteiger partial charge on any atom is 0.328 e. The van der Waals surface area contributed by atoms with Crippen LogP contribution in [0.25, 0.3) is 0 Å². The number of anilines is 1. The summed E-state index contributed by atoms with van der Waals surface area (Å²) in [5.74, 6) is -1.09. The molecule has 2 aliphatic rings. The smallest absolute Gasteiger partial charge is 0.328 e. The molecule has 0 spiro atoms. The van der Waals surface area contributed by atoms with E-state index in [0.29, 0.717) is 6.42 Å². The third-order valence-electron chi connectivity index (χ3n) is 6.42. The summed E-state index contributed by atoms with van der Waals surface area (Å²) in [6.45, 7) is 6.33. The summed E-state index contributed by atoms with van der Waals surface area (Å²) >= 11 is 11.9. The minimum absolute atomic E-state index is 0.150. The number of aromatic nitrogens is 1. The number of hydrogen-bond acceptors (Lipinski definition) is 7. The highest BCUT2D eigenvalue weighted by molar-refractivity contribution is 7.80. The van der Waals surface area contributed by atoms with E-state index >= 15 is 0 Å². The zero-order chi connectivity index (χ0) is 28.1. The van der Waals surface area contributed by atoms with Crippen LogP contribution in [-0.2, 0) is 16.0 Å². The minimum atomic E-state index is -0.691. The Hall–Kier alpha value is -3.83. The summed E-state index contributed by atoms with van der Waals surface area (Å²) in [6.07, 6.45) is 4.92. The molecule has 4 N–H and O–H groups in total. The second-order valence-electron chi connectivity index (χ2n) is 9.14. The number of nitrogens with zero attached hydrogens (tertiary/aromatic N) is 2. The van der Waals surface area contributed by atoms with E-state index in [9.17, 15) is 14.0 Å². The predicted molar refractivity (Wildman–Crippen MR) is 152 cm³/mol. The van der Waals surface area contributed by atoms with Crippen LogP contribution in [0.5, 0.6) is 0 Å². The zero-order valence-electron chi connectivity index (χ0n) is 21.4. The molecule has 2 atom stereocenters. The lowest BCUT2D eigenvalue weighted by atomic mass is 9.93. The van der Waals surface area contributed by atoms with Gasteiger partial charge in [0.25, 0.3) is 5.91 Å². The molecule has 204 valence electrons. The number of pyridine rings is 1. The van der Waals surface area contributed by atoms with E-state index < -0.39 is 24.0 Å². The lowest BCUT2D eigenvalue weighted by Crippen LogP contribution is -2.42. The molecule has 0 bridgehead atoms. The van der Waals surface area contributed by atoms with Crippen LogP contribution in [0.4, 0.5) is 10.2 Å². The van der Waals surface area contributed by atoms with Crippen molar-refractivity contribution < 1.29 is 18.7 Å². The Balaban J connectivity index is 1.49. The molecule has 1 aliphatic carbocycles. The largest absolute Gasteiger partial charge is 0.464 e. The first-order chi connectivity index (χ1) is 18.7. The van der Waals surface area contributed by atoms with Crippen molar-refractivity contribution in [2.45, 2.75) is 38.3 Å². The highest BCUT2D eigenvalue weighted by Crippen LogP contribution is 2.35. The molecular weight excluding hydrogens is 543 g/mol. The SMILES string of the molecule is C=C(C)C1=C(C=NC)C(NC(=S)NNc2ncc(C(=O)NC3CCOC3=O)cc2Cl)c2cc(F)ccc2CC1.